The van der Waals surface area contributed by atoms with E-state index in [4.69, 9.17) is 23.8 Å². The van der Waals surface area contributed by atoms with E-state index in [1.807, 2.05) is 54.6 Å². The van der Waals surface area contributed by atoms with Gasteiger partial charge in [0.1, 0.15) is 0 Å². The number of halogens is 1. The summed E-state index contributed by atoms with van der Waals surface area (Å²) in [6.45, 7) is 0.930. The van der Waals surface area contributed by atoms with Gasteiger partial charge in [0.05, 0.1) is 11.8 Å². The molecule has 1 unspecified atom stereocenters. The molecule has 2 aromatic carbocycles. The number of nitrogens with zero attached hydrogens (tertiary/aromatic N) is 3. The molecule has 0 saturated carbocycles. The van der Waals surface area contributed by atoms with Crippen molar-refractivity contribution in [3.63, 3.8) is 0 Å². The lowest BCUT2D eigenvalue weighted by Crippen LogP contribution is -2.13. The van der Waals surface area contributed by atoms with Gasteiger partial charge >= 0.3 is 0 Å². The third kappa shape index (κ3) is 6.09. The molecule has 140 valence electrons. The second-order valence-electron chi connectivity index (χ2n) is 6.37. The summed E-state index contributed by atoms with van der Waals surface area (Å²) in [6.07, 6.45) is 7.83. The van der Waals surface area contributed by atoms with Crippen molar-refractivity contribution in [3.8, 4) is 0 Å². The summed E-state index contributed by atoms with van der Waals surface area (Å²) in [5.41, 5.74) is 4.06. The number of anilines is 1. The number of hydrogen-bond acceptors (Lipinski definition) is 3. The zero-order valence-corrected chi connectivity index (χ0v) is 17.6. The van der Waals surface area contributed by atoms with Gasteiger partial charge in [0, 0.05) is 46.8 Å². The molecule has 0 aliphatic heterocycles. The molecule has 0 radical (unpaired) electrons. The summed E-state index contributed by atoms with van der Waals surface area (Å²) in [7, 11) is 1.96. The van der Waals surface area contributed by atoms with E-state index in [1.165, 1.54) is 10.5 Å². The van der Waals surface area contributed by atoms with Gasteiger partial charge in [0.15, 0.2) is 0 Å². The lowest BCUT2D eigenvalue weighted by atomic mass is 10.1. The highest BCUT2D eigenvalue weighted by Gasteiger charge is 2.12. The van der Waals surface area contributed by atoms with E-state index in [1.54, 1.807) is 5.49 Å². The number of imidazole rings is 1. The smallest absolute Gasteiger partial charge is 0.0946 e. The highest BCUT2D eigenvalue weighted by molar-refractivity contribution is 8.00. The molecule has 0 aliphatic rings. The highest BCUT2D eigenvalue weighted by atomic mass is 35.5. The Kier molecular flexibility index (Phi) is 7.33. The molecule has 0 N–H and O–H groups in total. The molecule has 3 rings (SSSR count). The van der Waals surface area contributed by atoms with Crippen LogP contribution in [0, 0.1) is 0 Å². The summed E-state index contributed by atoms with van der Waals surface area (Å²) in [5.74, 6) is 0. The van der Waals surface area contributed by atoms with Gasteiger partial charge in [0.2, 0.25) is 0 Å². The molecule has 6 heteroatoms. The molecule has 1 atom stereocenters. The Morgan fingerprint density at radius 2 is 1.93 bits per heavy atom. The second-order valence-corrected chi connectivity index (χ2v) is 8.40. The van der Waals surface area contributed by atoms with E-state index in [9.17, 15) is 0 Å². The fraction of sp³-hybridized carbons (Fsp3) is 0.238. The van der Waals surface area contributed by atoms with Crippen LogP contribution in [-0.2, 0) is 13.0 Å². The average Bonchev–Trinajstić information content (AvgIpc) is 3.20. The standard InChI is InChI=1S/C21H22ClN3S2/c1-24(16-26)19-7-10-20(11-8-19)27-21(14-25-13-12-23-15-25)9-4-17-2-5-18(22)6-3-17/h2-3,5-8,10-13,15-16,21H,4,9,14H2,1H3. The predicted molar refractivity (Wildman–Crippen MR) is 120 cm³/mol. The van der Waals surface area contributed by atoms with Crippen LogP contribution in [0.1, 0.15) is 12.0 Å². The molecule has 27 heavy (non-hydrogen) atoms. The van der Waals surface area contributed by atoms with Crippen LogP contribution in [0.3, 0.4) is 0 Å². The van der Waals surface area contributed by atoms with Crippen molar-refractivity contribution >= 4 is 46.8 Å². The molecule has 0 saturated heterocycles. The fourth-order valence-electron chi connectivity index (χ4n) is 2.81. The van der Waals surface area contributed by atoms with E-state index >= 15 is 0 Å². The van der Waals surface area contributed by atoms with Gasteiger partial charge in [-0.2, -0.15) is 0 Å². The van der Waals surface area contributed by atoms with Gasteiger partial charge in [-0.15, -0.1) is 11.8 Å². The number of hydrogen-bond donors (Lipinski definition) is 0. The van der Waals surface area contributed by atoms with Crippen molar-refractivity contribution in [2.24, 2.45) is 0 Å². The molecule has 0 amide bonds. The van der Waals surface area contributed by atoms with E-state index in [-0.39, 0.29) is 0 Å². The molecule has 1 aromatic heterocycles. The fourth-order valence-corrected chi connectivity index (χ4v) is 4.22. The Morgan fingerprint density at radius 3 is 2.56 bits per heavy atom. The van der Waals surface area contributed by atoms with Crippen LogP contribution in [0.2, 0.25) is 5.02 Å². The minimum absolute atomic E-state index is 0.448. The predicted octanol–water partition coefficient (Wildman–Crippen LogP) is 5.72. The number of aryl methyl sites for hydroxylation is 1. The minimum atomic E-state index is 0.448. The molecule has 0 fully saturated rings. The number of rotatable bonds is 9. The van der Waals surface area contributed by atoms with Crippen molar-refractivity contribution in [1.82, 2.24) is 9.55 Å². The second kappa shape index (κ2) is 9.93. The number of benzene rings is 2. The monoisotopic (exact) mass is 415 g/mol. The summed E-state index contributed by atoms with van der Waals surface area (Å²) in [6, 6.07) is 16.7. The molecule has 3 aromatic rings. The maximum Gasteiger partial charge on any atom is 0.0946 e. The van der Waals surface area contributed by atoms with Crippen LogP contribution < -0.4 is 4.90 Å². The zero-order chi connectivity index (χ0) is 19.1. The van der Waals surface area contributed by atoms with Crippen molar-refractivity contribution in [2.75, 3.05) is 11.9 Å². The van der Waals surface area contributed by atoms with Crippen LogP contribution in [0.4, 0.5) is 5.69 Å². The molecule has 0 bridgehead atoms. The van der Waals surface area contributed by atoms with Crippen molar-refractivity contribution in [2.45, 2.75) is 29.5 Å². The Balaban J connectivity index is 1.67. The van der Waals surface area contributed by atoms with E-state index < -0.39 is 0 Å². The third-order valence-corrected chi connectivity index (χ3v) is 6.18. The van der Waals surface area contributed by atoms with Gasteiger partial charge in [0.25, 0.3) is 0 Å². The third-order valence-electron chi connectivity index (χ3n) is 4.35. The molecular formula is C21H22ClN3S2. The Labute approximate surface area is 175 Å². The van der Waals surface area contributed by atoms with Gasteiger partial charge in [-0.05, 0) is 54.8 Å². The van der Waals surface area contributed by atoms with Gasteiger partial charge in [-0.25, -0.2) is 4.98 Å². The number of aromatic nitrogens is 2. The molecule has 1 heterocycles. The first-order valence-electron chi connectivity index (χ1n) is 8.79. The van der Waals surface area contributed by atoms with E-state index in [0.717, 1.165) is 30.1 Å². The van der Waals surface area contributed by atoms with Crippen LogP contribution in [0.25, 0.3) is 0 Å². The van der Waals surface area contributed by atoms with E-state index in [0.29, 0.717) is 5.25 Å². The Morgan fingerprint density at radius 1 is 1.19 bits per heavy atom. The molecule has 3 nitrogen and oxygen atoms in total. The maximum absolute atomic E-state index is 6.00. The van der Waals surface area contributed by atoms with Crippen LogP contribution in [-0.4, -0.2) is 27.3 Å². The first-order valence-corrected chi connectivity index (χ1v) is 10.5. The van der Waals surface area contributed by atoms with Crippen LogP contribution >= 0.6 is 35.6 Å². The topological polar surface area (TPSA) is 21.1 Å². The van der Waals surface area contributed by atoms with Crippen molar-refractivity contribution in [1.29, 1.82) is 0 Å². The first-order chi connectivity index (χ1) is 13.1. The zero-order valence-electron chi connectivity index (χ0n) is 15.2. The minimum Gasteiger partial charge on any atom is -0.342 e. The summed E-state index contributed by atoms with van der Waals surface area (Å²) < 4.78 is 2.15. The SMILES string of the molecule is CN(C=S)c1ccc(SC(CCc2ccc(Cl)cc2)Cn2ccnc2)cc1. The number of thioether (sulfide) groups is 1. The van der Waals surface area contributed by atoms with E-state index in [2.05, 4.69) is 45.9 Å². The van der Waals surface area contributed by atoms with Crippen LogP contribution in [0.15, 0.2) is 72.1 Å². The number of thiocarbonyl (C=S) groups is 1. The normalized spacial score (nSPS) is 11.9. The largest absolute Gasteiger partial charge is 0.342 e. The summed E-state index contributed by atoms with van der Waals surface area (Å²) in [4.78, 5) is 7.37. The lowest BCUT2D eigenvalue weighted by molar-refractivity contribution is 0.624. The lowest BCUT2D eigenvalue weighted by Gasteiger charge is -2.18. The summed E-state index contributed by atoms with van der Waals surface area (Å²) >= 11 is 12.9. The first kappa shape index (κ1) is 19.9. The van der Waals surface area contributed by atoms with Gasteiger partial charge < -0.3 is 9.47 Å². The van der Waals surface area contributed by atoms with Gasteiger partial charge in [-0.3, -0.25) is 0 Å². The Bertz CT molecular complexity index is 833. The molecule has 0 spiro atoms. The highest BCUT2D eigenvalue weighted by Crippen LogP contribution is 2.29. The van der Waals surface area contributed by atoms with Crippen LogP contribution in [0.5, 0.6) is 0 Å². The Hall–Kier alpha value is -1.82. The van der Waals surface area contributed by atoms with Gasteiger partial charge in [-0.1, -0.05) is 36.0 Å². The quantitative estimate of drug-likeness (QED) is 0.329. The molecule has 0 aliphatic carbocycles. The summed E-state index contributed by atoms with van der Waals surface area (Å²) in [5, 5.41) is 1.23. The van der Waals surface area contributed by atoms with Crippen molar-refractivity contribution < 1.29 is 0 Å². The van der Waals surface area contributed by atoms with Crippen molar-refractivity contribution in [3.05, 3.63) is 77.8 Å². The average molecular weight is 416 g/mol. The molecular weight excluding hydrogens is 394 g/mol. The maximum atomic E-state index is 6.00.